The molecule has 0 aliphatic heterocycles. The van der Waals surface area contributed by atoms with Gasteiger partial charge in [0.05, 0.1) is 18.0 Å². The van der Waals surface area contributed by atoms with Gasteiger partial charge >= 0.3 is 0 Å². The van der Waals surface area contributed by atoms with Crippen LogP contribution in [0.2, 0.25) is 5.02 Å². The molecule has 8 heteroatoms. The summed E-state index contributed by atoms with van der Waals surface area (Å²) in [6.07, 6.45) is 2.69. The van der Waals surface area contributed by atoms with Gasteiger partial charge in [0, 0.05) is 11.6 Å². The fourth-order valence-corrected chi connectivity index (χ4v) is 4.06. The van der Waals surface area contributed by atoms with E-state index in [1.807, 2.05) is 38.1 Å². The molecule has 0 radical (unpaired) electrons. The minimum Gasteiger partial charge on any atom is -0.491 e. The summed E-state index contributed by atoms with van der Waals surface area (Å²) in [4.78, 5) is 12.4. The van der Waals surface area contributed by atoms with Crippen LogP contribution in [0.3, 0.4) is 0 Å². The van der Waals surface area contributed by atoms with Gasteiger partial charge in [0.2, 0.25) is 15.9 Å². The fraction of sp³-hybridized carbons (Fsp3) is 0.409. The summed E-state index contributed by atoms with van der Waals surface area (Å²) in [6, 6.07) is 12.8. The van der Waals surface area contributed by atoms with Crippen LogP contribution in [0.4, 0.5) is 5.69 Å². The average Bonchev–Trinajstić information content (AvgIpc) is 2.64. The molecule has 1 N–H and O–H groups in total. The number of benzene rings is 2. The molecule has 0 fully saturated rings. The summed E-state index contributed by atoms with van der Waals surface area (Å²) < 4.78 is 31.3. The van der Waals surface area contributed by atoms with Gasteiger partial charge in [-0.3, -0.25) is 9.10 Å². The topological polar surface area (TPSA) is 75.7 Å². The number of carbonyl (C=O) groups excluding carboxylic acids is 1. The van der Waals surface area contributed by atoms with Gasteiger partial charge in [0.25, 0.3) is 0 Å². The SMILES string of the molecule is Cc1ccc(Cl)cc1N(CC(=O)NCCCc1cccc(OC(C)C)c1)S(C)(=O)=O. The van der Waals surface area contributed by atoms with E-state index >= 15 is 0 Å². The van der Waals surface area contributed by atoms with E-state index in [1.165, 1.54) is 0 Å². The lowest BCUT2D eigenvalue weighted by Crippen LogP contribution is -2.41. The lowest BCUT2D eigenvalue weighted by atomic mass is 10.1. The third-order valence-electron chi connectivity index (χ3n) is 4.36. The van der Waals surface area contributed by atoms with Gasteiger partial charge in [-0.2, -0.15) is 0 Å². The van der Waals surface area contributed by atoms with Gasteiger partial charge in [0.15, 0.2) is 0 Å². The maximum atomic E-state index is 12.4. The molecule has 0 saturated carbocycles. The minimum atomic E-state index is -3.64. The van der Waals surface area contributed by atoms with Crippen molar-refractivity contribution in [2.45, 2.75) is 39.7 Å². The third-order valence-corrected chi connectivity index (χ3v) is 5.72. The third kappa shape index (κ3) is 7.54. The Bertz CT molecular complexity index is 977. The van der Waals surface area contributed by atoms with Crippen LogP contribution in [0.5, 0.6) is 5.75 Å². The van der Waals surface area contributed by atoms with Crippen LogP contribution in [-0.2, 0) is 21.2 Å². The van der Waals surface area contributed by atoms with E-state index in [4.69, 9.17) is 16.3 Å². The van der Waals surface area contributed by atoms with Crippen LogP contribution in [0.1, 0.15) is 31.4 Å². The summed E-state index contributed by atoms with van der Waals surface area (Å²) in [6.45, 7) is 5.89. The van der Waals surface area contributed by atoms with Gasteiger partial charge in [-0.15, -0.1) is 0 Å². The monoisotopic (exact) mass is 452 g/mol. The molecule has 1 amide bonds. The number of aryl methyl sites for hydroxylation is 2. The Kier molecular flexibility index (Phi) is 8.55. The van der Waals surface area contributed by atoms with Gasteiger partial charge in [-0.1, -0.05) is 29.8 Å². The number of anilines is 1. The van der Waals surface area contributed by atoms with Gasteiger partial charge in [-0.05, 0) is 69.0 Å². The van der Waals surface area contributed by atoms with Crippen molar-refractivity contribution < 1.29 is 17.9 Å². The van der Waals surface area contributed by atoms with Crippen LogP contribution in [0, 0.1) is 6.92 Å². The summed E-state index contributed by atoms with van der Waals surface area (Å²) in [7, 11) is -3.64. The van der Waals surface area contributed by atoms with Crippen LogP contribution < -0.4 is 14.4 Å². The molecule has 164 valence electrons. The maximum Gasteiger partial charge on any atom is 0.240 e. The number of halogens is 1. The summed E-state index contributed by atoms with van der Waals surface area (Å²) >= 11 is 6.02. The van der Waals surface area contributed by atoms with E-state index in [2.05, 4.69) is 5.32 Å². The minimum absolute atomic E-state index is 0.112. The predicted octanol–water partition coefficient (Wildman–Crippen LogP) is 3.95. The van der Waals surface area contributed by atoms with E-state index in [0.29, 0.717) is 17.3 Å². The number of rotatable bonds is 10. The highest BCUT2D eigenvalue weighted by atomic mass is 35.5. The molecule has 0 saturated heterocycles. The van der Waals surface area contributed by atoms with Crippen molar-refractivity contribution in [2.24, 2.45) is 0 Å². The van der Waals surface area contributed by atoms with Gasteiger partial charge in [0.1, 0.15) is 12.3 Å². The summed E-state index contributed by atoms with van der Waals surface area (Å²) in [5.74, 6) is 0.462. The summed E-state index contributed by atoms with van der Waals surface area (Å²) in [5, 5.41) is 3.21. The number of amides is 1. The van der Waals surface area contributed by atoms with Crippen LogP contribution >= 0.6 is 11.6 Å². The van der Waals surface area contributed by atoms with Crippen molar-refractivity contribution in [3.63, 3.8) is 0 Å². The molecule has 0 unspecified atom stereocenters. The average molecular weight is 453 g/mol. The first-order valence-electron chi connectivity index (χ1n) is 9.82. The van der Waals surface area contributed by atoms with E-state index < -0.39 is 10.0 Å². The number of hydrogen-bond acceptors (Lipinski definition) is 4. The van der Waals surface area contributed by atoms with E-state index in [1.54, 1.807) is 25.1 Å². The van der Waals surface area contributed by atoms with E-state index in [9.17, 15) is 13.2 Å². The number of nitrogens with zero attached hydrogens (tertiary/aromatic N) is 1. The zero-order valence-electron chi connectivity index (χ0n) is 17.8. The Labute approximate surface area is 184 Å². The Balaban J connectivity index is 1.92. The first kappa shape index (κ1) is 24.0. The first-order chi connectivity index (χ1) is 14.1. The number of sulfonamides is 1. The molecule has 0 heterocycles. The smallest absolute Gasteiger partial charge is 0.240 e. The van der Waals surface area contributed by atoms with Gasteiger partial charge < -0.3 is 10.1 Å². The molecule has 0 bridgehead atoms. The summed E-state index contributed by atoms with van der Waals surface area (Å²) in [5.41, 5.74) is 2.25. The second-order valence-corrected chi connectivity index (χ2v) is 9.81. The molecule has 2 rings (SSSR count). The zero-order chi connectivity index (χ0) is 22.3. The van der Waals surface area contributed by atoms with E-state index in [0.717, 1.165) is 40.3 Å². The lowest BCUT2D eigenvalue weighted by molar-refractivity contribution is -0.119. The number of carbonyl (C=O) groups is 1. The number of ether oxygens (including phenoxy) is 1. The molecular formula is C22H29ClN2O4S. The van der Waals surface area contributed by atoms with Crippen LogP contribution in [0.25, 0.3) is 0 Å². The zero-order valence-corrected chi connectivity index (χ0v) is 19.4. The first-order valence-corrected chi connectivity index (χ1v) is 12.0. The predicted molar refractivity (Wildman–Crippen MR) is 122 cm³/mol. The van der Waals surface area contributed by atoms with Crippen LogP contribution in [0.15, 0.2) is 42.5 Å². The van der Waals surface area contributed by atoms with Crippen molar-refractivity contribution in [1.82, 2.24) is 5.32 Å². The Hall–Kier alpha value is -2.25. The van der Waals surface area contributed by atoms with Crippen LogP contribution in [-0.4, -0.2) is 39.8 Å². The Morgan fingerprint density at radius 2 is 1.93 bits per heavy atom. The quantitative estimate of drug-likeness (QED) is 0.554. The van der Waals surface area contributed by atoms with Gasteiger partial charge in [-0.25, -0.2) is 8.42 Å². The van der Waals surface area contributed by atoms with Crippen molar-refractivity contribution in [2.75, 3.05) is 23.7 Å². The molecule has 2 aromatic rings. The molecule has 30 heavy (non-hydrogen) atoms. The molecule has 0 aliphatic carbocycles. The molecule has 0 aliphatic rings. The largest absolute Gasteiger partial charge is 0.491 e. The van der Waals surface area contributed by atoms with Crippen molar-refractivity contribution in [3.05, 3.63) is 58.6 Å². The van der Waals surface area contributed by atoms with E-state index in [-0.39, 0.29) is 18.6 Å². The highest BCUT2D eigenvalue weighted by molar-refractivity contribution is 7.92. The maximum absolute atomic E-state index is 12.4. The Morgan fingerprint density at radius 3 is 2.60 bits per heavy atom. The molecule has 2 aromatic carbocycles. The second kappa shape index (κ2) is 10.7. The number of hydrogen-bond donors (Lipinski definition) is 1. The lowest BCUT2D eigenvalue weighted by Gasteiger charge is -2.23. The second-order valence-electron chi connectivity index (χ2n) is 7.47. The molecular weight excluding hydrogens is 424 g/mol. The normalized spacial score (nSPS) is 11.4. The molecule has 6 nitrogen and oxygen atoms in total. The standard InChI is InChI=1S/C22H29ClN2O4S/c1-16(2)29-20-9-5-7-18(13-20)8-6-12-24-22(26)15-25(30(4,27)28)21-14-19(23)11-10-17(21)3/h5,7,9-11,13-14,16H,6,8,12,15H2,1-4H3,(H,24,26). The Morgan fingerprint density at radius 1 is 1.20 bits per heavy atom. The van der Waals surface area contributed by atoms with Crippen molar-refractivity contribution in [3.8, 4) is 5.75 Å². The van der Waals surface area contributed by atoms with Crippen molar-refractivity contribution >= 4 is 33.2 Å². The number of nitrogens with one attached hydrogen (secondary N) is 1. The van der Waals surface area contributed by atoms with Crippen molar-refractivity contribution in [1.29, 1.82) is 0 Å². The molecule has 0 spiro atoms. The highest BCUT2D eigenvalue weighted by Crippen LogP contribution is 2.26. The fourth-order valence-electron chi connectivity index (χ4n) is 2.99. The highest BCUT2D eigenvalue weighted by Gasteiger charge is 2.22. The molecule has 0 atom stereocenters. The molecule has 0 aromatic heterocycles.